The van der Waals surface area contributed by atoms with Crippen molar-refractivity contribution >= 4 is 55.1 Å². The minimum Gasteiger partial charge on any atom is -0.309 e. The molecular formula is C44H27NS. The molecule has 8 aromatic carbocycles. The first-order valence-electron chi connectivity index (χ1n) is 15.8. The van der Waals surface area contributed by atoms with Gasteiger partial charge < -0.3 is 4.57 Å². The molecule has 0 atom stereocenters. The fourth-order valence-electron chi connectivity index (χ4n) is 7.44. The van der Waals surface area contributed by atoms with E-state index in [1.165, 1.54) is 92.2 Å². The van der Waals surface area contributed by atoms with Crippen molar-refractivity contribution in [1.29, 1.82) is 0 Å². The Morgan fingerprint density at radius 3 is 1.98 bits per heavy atom. The molecule has 2 heteroatoms. The summed E-state index contributed by atoms with van der Waals surface area (Å²) in [5.41, 5.74) is 11.2. The van der Waals surface area contributed by atoms with E-state index in [1.807, 2.05) is 11.8 Å². The van der Waals surface area contributed by atoms with Gasteiger partial charge in [-0.1, -0.05) is 127 Å². The smallest absolute Gasteiger partial charge is 0.0547 e. The Hall–Kier alpha value is -5.57. The van der Waals surface area contributed by atoms with Gasteiger partial charge in [-0.15, -0.1) is 0 Å². The summed E-state index contributed by atoms with van der Waals surface area (Å²) < 4.78 is 2.42. The average molecular weight is 602 g/mol. The van der Waals surface area contributed by atoms with Crippen LogP contribution in [0.15, 0.2) is 174 Å². The molecule has 0 saturated heterocycles. The molecule has 0 aliphatic carbocycles. The molecule has 0 radical (unpaired) electrons. The Morgan fingerprint density at radius 1 is 0.370 bits per heavy atom. The van der Waals surface area contributed by atoms with Gasteiger partial charge in [-0.05, 0) is 98.1 Å². The maximum atomic E-state index is 2.42. The molecule has 214 valence electrons. The number of rotatable bonds is 3. The summed E-state index contributed by atoms with van der Waals surface area (Å²) in [5, 5.41) is 7.80. The van der Waals surface area contributed by atoms with Crippen molar-refractivity contribution in [3.8, 4) is 39.1 Å². The van der Waals surface area contributed by atoms with E-state index >= 15 is 0 Å². The van der Waals surface area contributed by atoms with Crippen LogP contribution in [-0.4, -0.2) is 4.57 Å². The predicted molar refractivity (Wildman–Crippen MR) is 196 cm³/mol. The van der Waals surface area contributed by atoms with Gasteiger partial charge in [0, 0.05) is 31.6 Å². The highest BCUT2D eigenvalue weighted by molar-refractivity contribution is 7.99. The van der Waals surface area contributed by atoms with Crippen molar-refractivity contribution in [1.82, 2.24) is 4.57 Å². The van der Waals surface area contributed by atoms with Gasteiger partial charge in [0.05, 0.1) is 11.0 Å². The lowest BCUT2D eigenvalue weighted by atomic mass is 9.93. The molecule has 10 rings (SSSR count). The van der Waals surface area contributed by atoms with Gasteiger partial charge >= 0.3 is 0 Å². The van der Waals surface area contributed by atoms with E-state index in [-0.39, 0.29) is 0 Å². The summed E-state index contributed by atoms with van der Waals surface area (Å²) in [7, 11) is 0. The quantitative estimate of drug-likeness (QED) is 0.195. The van der Waals surface area contributed by atoms with Crippen LogP contribution in [0.1, 0.15) is 0 Å². The first-order chi connectivity index (χ1) is 22.8. The fourth-order valence-corrected chi connectivity index (χ4v) is 8.57. The van der Waals surface area contributed by atoms with Crippen molar-refractivity contribution in [2.45, 2.75) is 9.79 Å². The van der Waals surface area contributed by atoms with Crippen LogP contribution in [0.4, 0.5) is 0 Å². The first kappa shape index (κ1) is 25.7. The van der Waals surface area contributed by atoms with E-state index < -0.39 is 0 Å². The molecule has 46 heavy (non-hydrogen) atoms. The van der Waals surface area contributed by atoms with Crippen LogP contribution in [0.2, 0.25) is 0 Å². The highest BCUT2D eigenvalue weighted by atomic mass is 32.2. The molecule has 0 spiro atoms. The lowest BCUT2D eigenvalue weighted by molar-refractivity contribution is 1.18. The van der Waals surface area contributed by atoms with E-state index in [0.717, 1.165) is 0 Å². The summed E-state index contributed by atoms with van der Waals surface area (Å²) in [6.45, 7) is 0. The zero-order valence-corrected chi connectivity index (χ0v) is 25.8. The molecule has 1 aromatic heterocycles. The van der Waals surface area contributed by atoms with Crippen LogP contribution in [0.3, 0.4) is 0 Å². The van der Waals surface area contributed by atoms with Crippen molar-refractivity contribution in [3.63, 3.8) is 0 Å². The third-order valence-electron chi connectivity index (χ3n) is 9.56. The number of para-hydroxylation sites is 1. The van der Waals surface area contributed by atoms with Crippen LogP contribution in [0, 0.1) is 0 Å². The van der Waals surface area contributed by atoms with E-state index in [4.69, 9.17) is 0 Å². The van der Waals surface area contributed by atoms with Crippen LogP contribution in [-0.2, 0) is 0 Å². The van der Waals surface area contributed by atoms with Gasteiger partial charge in [-0.25, -0.2) is 0 Å². The zero-order valence-electron chi connectivity index (χ0n) is 24.9. The van der Waals surface area contributed by atoms with Crippen LogP contribution in [0.25, 0.3) is 82.4 Å². The second kappa shape index (κ2) is 9.97. The van der Waals surface area contributed by atoms with Crippen molar-refractivity contribution in [2.24, 2.45) is 0 Å². The van der Waals surface area contributed by atoms with E-state index in [0.29, 0.717) is 0 Å². The van der Waals surface area contributed by atoms with E-state index in [9.17, 15) is 0 Å². The minimum atomic E-state index is 1.17. The maximum Gasteiger partial charge on any atom is 0.0547 e. The van der Waals surface area contributed by atoms with Gasteiger partial charge in [0.1, 0.15) is 0 Å². The number of aromatic nitrogens is 1. The summed E-state index contributed by atoms with van der Waals surface area (Å²) in [6, 6.07) is 60.2. The zero-order chi connectivity index (χ0) is 30.2. The number of hydrogen-bond acceptors (Lipinski definition) is 1. The standard InChI is InChI=1S/C44H27NS/c1-2-14-34(15-3-1)45-39-23-20-28-9-4-5-16-35(28)44(39)37-22-19-33(27-40(37)45)31-13-6-12-30(25-31)32-21-24-41-38(26-32)36-17-7-10-29-11-8-18-42(46-41)43(29)36/h1-27H. The Balaban J connectivity index is 1.14. The minimum absolute atomic E-state index is 1.17. The molecule has 0 N–H and O–H groups in total. The molecule has 1 aliphatic rings. The normalized spacial score (nSPS) is 12.3. The van der Waals surface area contributed by atoms with Crippen LogP contribution in [0.5, 0.6) is 0 Å². The largest absolute Gasteiger partial charge is 0.309 e. The molecular weight excluding hydrogens is 575 g/mol. The topological polar surface area (TPSA) is 4.93 Å². The maximum absolute atomic E-state index is 2.42. The predicted octanol–water partition coefficient (Wildman–Crippen LogP) is 12.6. The Morgan fingerprint density at radius 2 is 1.09 bits per heavy atom. The summed E-state index contributed by atoms with van der Waals surface area (Å²) in [5.74, 6) is 0. The van der Waals surface area contributed by atoms with E-state index in [2.05, 4.69) is 168 Å². The molecule has 0 fully saturated rings. The fraction of sp³-hybridized carbons (Fsp3) is 0. The Labute approximate surface area is 271 Å². The number of hydrogen-bond donors (Lipinski definition) is 0. The molecule has 1 nitrogen and oxygen atoms in total. The number of benzene rings is 8. The third kappa shape index (κ3) is 3.84. The monoisotopic (exact) mass is 601 g/mol. The Bertz CT molecular complexity index is 2660. The number of fused-ring (bicyclic) bond motifs is 7. The summed E-state index contributed by atoms with van der Waals surface area (Å²) in [6.07, 6.45) is 0. The molecule has 0 amide bonds. The lowest BCUT2D eigenvalue weighted by Crippen LogP contribution is -1.94. The molecule has 2 heterocycles. The molecule has 0 saturated carbocycles. The Kier molecular flexibility index (Phi) is 5.58. The van der Waals surface area contributed by atoms with E-state index in [1.54, 1.807) is 0 Å². The van der Waals surface area contributed by atoms with Gasteiger partial charge in [0.15, 0.2) is 0 Å². The number of nitrogens with zero attached hydrogens (tertiary/aromatic N) is 1. The molecule has 1 aliphatic heterocycles. The second-order valence-corrected chi connectivity index (χ2v) is 13.2. The van der Waals surface area contributed by atoms with Gasteiger partial charge in [-0.3, -0.25) is 0 Å². The highest BCUT2D eigenvalue weighted by Crippen LogP contribution is 2.49. The SMILES string of the molecule is c1ccc(-n2c3cc(-c4cccc(-c5ccc6c(c5)-c5cccc7cccc(c57)S6)c4)ccc3c3c4ccccc4ccc32)cc1. The van der Waals surface area contributed by atoms with Crippen LogP contribution >= 0.6 is 11.8 Å². The summed E-state index contributed by atoms with van der Waals surface area (Å²) >= 11 is 1.88. The lowest BCUT2D eigenvalue weighted by Gasteiger charge is -2.21. The molecule has 0 unspecified atom stereocenters. The van der Waals surface area contributed by atoms with Gasteiger partial charge in [-0.2, -0.15) is 0 Å². The average Bonchev–Trinajstić information content (AvgIpc) is 3.46. The van der Waals surface area contributed by atoms with Crippen molar-refractivity contribution < 1.29 is 0 Å². The van der Waals surface area contributed by atoms with Crippen LogP contribution < -0.4 is 0 Å². The summed E-state index contributed by atoms with van der Waals surface area (Å²) in [4.78, 5) is 2.66. The molecule has 9 aromatic rings. The van der Waals surface area contributed by atoms with Gasteiger partial charge in [0.2, 0.25) is 0 Å². The third-order valence-corrected chi connectivity index (χ3v) is 10.7. The first-order valence-corrected chi connectivity index (χ1v) is 16.6. The van der Waals surface area contributed by atoms with Crippen molar-refractivity contribution in [3.05, 3.63) is 164 Å². The van der Waals surface area contributed by atoms with Gasteiger partial charge in [0.25, 0.3) is 0 Å². The second-order valence-electron chi connectivity index (χ2n) is 12.1. The van der Waals surface area contributed by atoms with Crippen molar-refractivity contribution in [2.75, 3.05) is 0 Å². The molecule has 0 bridgehead atoms. The highest BCUT2D eigenvalue weighted by Gasteiger charge is 2.20.